The normalized spacial score (nSPS) is 10.8. The molecule has 0 bridgehead atoms. The predicted octanol–water partition coefficient (Wildman–Crippen LogP) is 2.55. The van der Waals surface area contributed by atoms with E-state index >= 15 is 0 Å². The van der Waals surface area contributed by atoms with Gasteiger partial charge in [-0.25, -0.2) is 9.97 Å². The molecular weight excluding hydrogens is 242 g/mol. The lowest BCUT2D eigenvalue weighted by molar-refractivity contribution is 0.384. The molecule has 2 aromatic heterocycles. The van der Waals surface area contributed by atoms with Crippen molar-refractivity contribution in [3.8, 4) is 0 Å². The van der Waals surface area contributed by atoms with Crippen molar-refractivity contribution in [3.63, 3.8) is 0 Å². The van der Waals surface area contributed by atoms with Gasteiger partial charge in [-0.2, -0.15) is 0 Å². The fourth-order valence-electron chi connectivity index (χ4n) is 1.95. The van der Waals surface area contributed by atoms with Gasteiger partial charge in [0.25, 0.3) is 0 Å². The first-order valence-electron chi connectivity index (χ1n) is 6.30. The zero-order valence-electron chi connectivity index (χ0n) is 11.7. The summed E-state index contributed by atoms with van der Waals surface area (Å²) in [7, 11) is 1.86. The molecule has 2 aromatic rings. The maximum atomic E-state index is 5.17. The van der Waals surface area contributed by atoms with Crippen molar-refractivity contribution in [2.45, 2.75) is 33.2 Å². The number of nitrogens with one attached hydrogen (secondary N) is 2. The predicted molar refractivity (Wildman–Crippen MR) is 74.2 cm³/mol. The van der Waals surface area contributed by atoms with Gasteiger partial charge in [0.1, 0.15) is 18.0 Å². The van der Waals surface area contributed by atoms with E-state index in [1.54, 1.807) is 6.33 Å². The van der Waals surface area contributed by atoms with E-state index in [2.05, 4.69) is 39.6 Å². The average Bonchev–Trinajstić information content (AvgIpc) is 2.81. The topological polar surface area (TPSA) is 75.9 Å². The van der Waals surface area contributed by atoms with E-state index in [-0.39, 0.29) is 0 Å². The first-order chi connectivity index (χ1) is 9.11. The number of hydrogen-bond acceptors (Lipinski definition) is 6. The third-order valence-electron chi connectivity index (χ3n) is 2.80. The van der Waals surface area contributed by atoms with Crippen molar-refractivity contribution in [1.82, 2.24) is 15.1 Å². The van der Waals surface area contributed by atoms with Crippen molar-refractivity contribution >= 4 is 11.6 Å². The Balaban J connectivity index is 2.19. The number of hydrogen-bond donors (Lipinski definition) is 2. The lowest BCUT2D eigenvalue weighted by Crippen LogP contribution is -2.09. The summed E-state index contributed by atoms with van der Waals surface area (Å²) in [6, 6.07) is 1.90. The molecule has 6 nitrogen and oxygen atoms in total. The van der Waals surface area contributed by atoms with Crippen LogP contribution in [-0.4, -0.2) is 22.2 Å². The number of rotatable bonds is 5. The number of nitrogens with zero attached hydrogens (tertiary/aromatic N) is 3. The molecule has 0 aromatic carbocycles. The summed E-state index contributed by atoms with van der Waals surface area (Å²) in [6.45, 7) is 6.68. The maximum absolute atomic E-state index is 5.17. The molecule has 0 aliphatic carbocycles. The summed E-state index contributed by atoms with van der Waals surface area (Å²) in [4.78, 5) is 8.55. The first kappa shape index (κ1) is 13.3. The molecule has 0 amide bonds. The fraction of sp³-hybridized carbons (Fsp3) is 0.462. The van der Waals surface area contributed by atoms with Gasteiger partial charge in [0.05, 0.1) is 12.2 Å². The van der Waals surface area contributed by atoms with Crippen molar-refractivity contribution in [2.75, 3.05) is 17.7 Å². The monoisotopic (exact) mass is 261 g/mol. The molecule has 2 rings (SSSR count). The van der Waals surface area contributed by atoms with Crippen LogP contribution < -0.4 is 10.6 Å². The summed E-state index contributed by atoms with van der Waals surface area (Å²) in [6.07, 6.45) is 1.55. The number of aromatic nitrogens is 3. The molecule has 0 saturated carbocycles. The van der Waals surface area contributed by atoms with Crippen LogP contribution in [0.25, 0.3) is 0 Å². The summed E-state index contributed by atoms with van der Waals surface area (Å²) in [5.41, 5.74) is 1.95. The van der Waals surface area contributed by atoms with Crippen LogP contribution in [0.2, 0.25) is 0 Å². The van der Waals surface area contributed by atoms with Gasteiger partial charge in [0.2, 0.25) is 0 Å². The Morgan fingerprint density at radius 1 is 1.26 bits per heavy atom. The van der Waals surface area contributed by atoms with Crippen LogP contribution in [0, 0.1) is 6.92 Å². The van der Waals surface area contributed by atoms with Crippen LogP contribution in [-0.2, 0) is 6.54 Å². The van der Waals surface area contributed by atoms with E-state index < -0.39 is 0 Å². The summed E-state index contributed by atoms with van der Waals surface area (Å²) >= 11 is 0. The van der Waals surface area contributed by atoms with Gasteiger partial charge in [0, 0.05) is 18.7 Å². The second kappa shape index (κ2) is 5.69. The second-order valence-corrected chi connectivity index (χ2v) is 4.68. The summed E-state index contributed by atoms with van der Waals surface area (Å²) in [5, 5.41) is 10.2. The highest BCUT2D eigenvalue weighted by Crippen LogP contribution is 2.28. The SMILES string of the molecule is CNc1ncnc(NCc2cc(C)no2)c1C(C)C. The molecule has 6 heteroatoms. The molecule has 0 atom stereocenters. The van der Waals surface area contributed by atoms with Crippen LogP contribution >= 0.6 is 0 Å². The van der Waals surface area contributed by atoms with Crippen LogP contribution in [0.1, 0.15) is 36.8 Å². The standard InChI is InChI=1S/C13H19N5O/c1-8(2)11-12(14-4)16-7-17-13(11)15-6-10-5-9(3)18-19-10/h5,7-8H,6H2,1-4H3,(H2,14,15,16,17). The molecule has 19 heavy (non-hydrogen) atoms. The average molecular weight is 261 g/mol. The Bertz CT molecular complexity index is 550. The van der Waals surface area contributed by atoms with E-state index in [9.17, 15) is 0 Å². The Labute approximate surface area is 112 Å². The molecule has 2 heterocycles. The number of anilines is 2. The van der Waals surface area contributed by atoms with Gasteiger partial charge in [0.15, 0.2) is 5.76 Å². The zero-order chi connectivity index (χ0) is 13.8. The Morgan fingerprint density at radius 3 is 2.58 bits per heavy atom. The van der Waals surface area contributed by atoms with Gasteiger partial charge in [-0.1, -0.05) is 19.0 Å². The third-order valence-corrected chi connectivity index (χ3v) is 2.80. The van der Waals surface area contributed by atoms with E-state index in [1.165, 1.54) is 0 Å². The zero-order valence-corrected chi connectivity index (χ0v) is 11.7. The molecule has 2 N–H and O–H groups in total. The third kappa shape index (κ3) is 3.01. The minimum absolute atomic E-state index is 0.322. The number of aryl methyl sites for hydroxylation is 1. The molecule has 0 fully saturated rings. The van der Waals surface area contributed by atoms with Crippen LogP contribution in [0.4, 0.5) is 11.6 Å². The van der Waals surface area contributed by atoms with Gasteiger partial charge < -0.3 is 15.2 Å². The quantitative estimate of drug-likeness (QED) is 0.861. The van der Waals surface area contributed by atoms with Crippen molar-refractivity contribution in [1.29, 1.82) is 0 Å². The highest BCUT2D eigenvalue weighted by atomic mass is 16.5. The minimum Gasteiger partial charge on any atom is -0.373 e. The van der Waals surface area contributed by atoms with Gasteiger partial charge >= 0.3 is 0 Å². The molecule has 102 valence electrons. The lowest BCUT2D eigenvalue weighted by atomic mass is 10.0. The Kier molecular flexibility index (Phi) is 3.99. The summed E-state index contributed by atoms with van der Waals surface area (Å²) in [5.74, 6) is 2.78. The van der Waals surface area contributed by atoms with E-state index in [0.717, 1.165) is 28.7 Å². The minimum atomic E-state index is 0.322. The van der Waals surface area contributed by atoms with Crippen LogP contribution in [0.3, 0.4) is 0 Å². The first-order valence-corrected chi connectivity index (χ1v) is 6.30. The van der Waals surface area contributed by atoms with Crippen LogP contribution in [0.5, 0.6) is 0 Å². The van der Waals surface area contributed by atoms with E-state index in [1.807, 2.05) is 20.0 Å². The molecule has 0 spiro atoms. The fourth-order valence-corrected chi connectivity index (χ4v) is 1.95. The van der Waals surface area contributed by atoms with E-state index in [0.29, 0.717) is 12.5 Å². The van der Waals surface area contributed by atoms with Gasteiger partial charge in [-0.3, -0.25) is 0 Å². The summed E-state index contributed by atoms with van der Waals surface area (Å²) < 4.78 is 5.17. The van der Waals surface area contributed by atoms with Crippen molar-refractivity contribution in [3.05, 3.63) is 29.4 Å². The van der Waals surface area contributed by atoms with Crippen LogP contribution in [0.15, 0.2) is 16.9 Å². The smallest absolute Gasteiger partial charge is 0.156 e. The second-order valence-electron chi connectivity index (χ2n) is 4.68. The maximum Gasteiger partial charge on any atom is 0.156 e. The van der Waals surface area contributed by atoms with Gasteiger partial charge in [-0.15, -0.1) is 0 Å². The van der Waals surface area contributed by atoms with E-state index in [4.69, 9.17) is 4.52 Å². The molecule has 0 saturated heterocycles. The van der Waals surface area contributed by atoms with Crippen molar-refractivity contribution in [2.24, 2.45) is 0 Å². The van der Waals surface area contributed by atoms with Crippen molar-refractivity contribution < 1.29 is 4.52 Å². The largest absolute Gasteiger partial charge is 0.373 e. The molecule has 0 unspecified atom stereocenters. The lowest BCUT2D eigenvalue weighted by Gasteiger charge is -2.15. The molecule has 0 aliphatic heterocycles. The molecule has 0 radical (unpaired) electrons. The molecular formula is C13H19N5O. The highest BCUT2D eigenvalue weighted by molar-refractivity contribution is 5.58. The van der Waals surface area contributed by atoms with Gasteiger partial charge in [-0.05, 0) is 12.8 Å². The molecule has 0 aliphatic rings. The Morgan fingerprint density at radius 2 is 2.00 bits per heavy atom. The highest BCUT2D eigenvalue weighted by Gasteiger charge is 2.14. The Hall–Kier alpha value is -2.11.